The average molecular weight is 216 g/mol. The van der Waals surface area contributed by atoms with E-state index in [-0.39, 0.29) is 6.04 Å². The number of nitrogens with zero attached hydrogens (tertiary/aromatic N) is 3. The van der Waals surface area contributed by atoms with E-state index in [1.165, 1.54) is 4.80 Å². The minimum Gasteiger partial charge on any atom is -0.253 e. The predicted octanol–water partition coefficient (Wildman–Crippen LogP) is 0.0353. The predicted molar refractivity (Wildman–Crippen MR) is 58.5 cm³/mol. The maximum absolute atomic E-state index is 11.4. The molecule has 80 valence electrons. The summed E-state index contributed by atoms with van der Waals surface area (Å²) in [5.41, 5.74) is 1.65. The summed E-state index contributed by atoms with van der Waals surface area (Å²) >= 11 is 0. The summed E-state index contributed by atoms with van der Waals surface area (Å²) in [6, 6.07) is -0.0984. The van der Waals surface area contributed by atoms with Crippen LogP contribution in [0.2, 0.25) is 0 Å². The quantitative estimate of drug-likeness (QED) is 0.725. The van der Waals surface area contributed by atoms with Crippen molar-refractivity contribution < 1.29 is 4.21 Å². The molecule has 0 saturated carbocycles. The number of hydrogen-bond acceptors (Lipinski definition) is 3. The van der Waals surface area contributed by atoms with Gasteiger partial charge in [0.1, 0.15) is 5.69 Å². The zero-order valence-corrected chi connectivity index (χ0v) is 9.76. The van der Waals surface area contributed by atoms with Gasteiger partial charge in [0.25, 0.3) is 0 Å². The molecular formula is C8H16N4OS. The molecule has 5 nitrogen and oxygen atoms in total. The molecule has 1 rings (SSSR count). The van der Waals surface area contributed by atoms with Crippen LogP contribution >= 0.6 is 0 Å². The summed E-state index contributed by atoms with van der Waals surface area (Å²) < 4.78 is 14.3. The third-order valence-electron chi connectivity index (χ3n) is 1.75. The molecule has 0 aliphatic heterocycles. The van der Waals surface area contributed by atoms with Gasteiger partial charge in [0.05, 0.1) is 11.7 Å². The van der Waals surface area contributed by atoms with Crippen molar-refractivity contribution in [3.63, 3.8) is 0 Å². The van der Waals surface area contributed by atoms with E-state index in [9.17, 15) is 4.21 Å². The lowest BCUT2D eigenvalue weighted by Gasteiger charge is -2.12. The Labute approximate surface area is 84.6 Å². The average Bonchev–Trinajstić information content (AvgIpc) is 2.26. The van der Waals surface area contributed by atoms with Crippen LogP contribution in [0.5, 0.6) is 0 Å². The van der Waals surface area contributed by atoms with Crippen molar-refractivity contribution in [3.05, 3.63) is 11.4 Å². The van der Waals surface area contributed by atoms with E-state index in [4.69, 9.17) is 0 Å². The highest BCUT2D eigenvalue weighted by molar-refractivity contribution is 7.97. The SMILES string of the molecule is C=S(C)(=O)NC(C)c1nn(C)nc1C. The summed E-state index contributed by atoms with van der Waals surface area (Å²) in [6.45, 7) is 3.77. The number of nitrogens with one attached hydrogen (secondary N) is 1. The van der Waals surface area contributed by atoms with E-state index < -0.39 is 9.71 Å². The molecule has 1 aromatic rings. The van der Waals surface area contributed by atoms with Crippen molar-refractivity contribution in [2.45, 2.75) is 19.9 Å². The normalized spacial score (nSPS) is 17.7. The zero-order chi connectivity index (χ0) is 10.9. The molecule has 0 amide bonds. The molecule has 0 bridgehead atoms. The first-order valence-corrected chi connectivity index (χ1v) is 6.40. The van der Waals surface area contributed by atoms with Crippen LogP contribution in [0.4, 0.5) is 0 Å². The number of aryl methyl sites for hydroxylation is 2. The molecule has 1 N–H and O–H groups in total. The van der Waals surface area contributed by atoms with Gasteiger partial charge in [-0.2, -0.15) is 15.0 Å². The van der Waals surface area contributed by atoms with Gasteiger partial charge in [0, 0.05) is 23.0 Å². The lowest BCUT2D eigenvalue weighted by atomic mass is 10.2. The van der Waals surface area contributed by atoms with Gasteiger partial charge in [-0.3, -0.25) is 4.21 Å². The topological polar surface area (TPSA) is 59.8 Å². The van der Waals surface area contributed by atoms with Crippen molar-refractivity contribution in [1.29, 1.82) is 0 Å². The fourth-order valence-corrected chi connectivity index (χ4v) is 2.21. The number of aromatic nitrogens is 3. The Morgan fingerprint density at radius 3 is 2.50 bits per heavy atom. The number of rotatable bonds is 3. The van der Waals surface area contributed by atoms with Crippen molar-refractivity contribution in [1.82, 2.24) is 19.7 Å². The van der Waals surface area contributed by atoms with E-state index in [2.05, 4.69) is 20.8 Å². The summed E-state index contributed by atoms with van der Waals surface area (Å²) in [5.74, 6) is 3.53. The Morgan fingerprint density at radius 2 is 2.14 bits per heavy atom. The molecule has 14 heavy (non-hydrogen) atoms. The molecule has 0 aliphatic carbocycles. The van der Waals surface area contributed by atoms with Crippen LogP contribution in [0.1, 0.15) is 24.4 Å². The monoisotopic (exact) mass is 216 g/mol. The van der Waals surface area contributed by atoms with Gasteiger partial charge < -0.3 is 0 Å². The zero-order valence-electron chi connectivity index (χ0n) is 8.94. The molecule has 0 fully saturated rings. The molecule has 0 spiro atoms. The van der Waals surface area contributed by atoms with Crippen LogP contribution < -0.4 is 4.72 Å². The molecule has 0 aliphatic rings. The molecule has 0 aromatic carbocycles. The first kappa shape index (κ1) is 11.2. The van der Waals surface area contributed by atoms with Crippen LogP contribution in [-0.2, 0) is 16.8 Å². The largest absolute Gasteiger partial charge is 0.253 e. The van der Waals surface area contributed by atoms with Crippen molar-refractivity contribution >= 4 is 15.6 Å². The molecular weight excluding hydrogens is 200 g/mol. The lowest BCUT2D eigenvalue weighted by Crippen LogP contribution is -2.26. The second-order valence-corrected chi connectivity index (χ2v) is 5.75. The minimum absolute atomic E-state index is 0.0984. The highest BCUT2D eigenvalue weighted by Gasteiger charge is 2.14. The molecule has 1 heterocycles. The fourth-order valence-electron chi connectivity index (χ4n) is 1.35. The fraction of sp³-hybridized carbons (Fsp3) is 0.625. The second kappa shape index (κ2) is 3.70. The van der Waals surface area contributed by atoms with Crippen molar-refractivity contribution in [2.24, 2.45) is 7.05 Å². The molecule has 0 saturated heterocycles. The van der Waals surface area contributed by atoms with Crippen molar-refractivity contribution in [3.8, 4) is 0 Å². The van der Waals surface area contributed by atoms with Crippen LogP contribution in [-0.4, -0.2) is 31.3 Å². The molecule has 2 unspecified atom stereocenters. The lowest BCUT2D eigenvalue weighted by molar-refractivity contribution is 0.613. The van der Waals surface area contributed by atoms with Gasteiger partial charge in [0.15, 0.2) is 0 Å². The minimum atomic E-state index is -2.21. The Hall–Kier alpha value is -0.880. The third kappa shape index (κ3) is 2.81. The molecule has 1 aromatic heterocycles. The molecule has 2 atom stereocenters. The van der Waals surface area contributed by atoms with Crippen molar-refractivity contribution in [2.75, 3.05) is 6.26 Å². The van der Waals surface area contributed by atoms with Gasteiger partial charge in [-0.15, -0.1) is 0 Å². The van der Waals surface area contributed by atoms with Gasteiger partial charge in [-0.1, -0.05) is 0 Å². The van der Waals surface area contributed by atoms with E-state index in [0.717, 1.165) is 11.4 Å². The second-order valence-electron chi connectivity index (χ2n) is 3.50. The Bertz CT molecular complexity index is 421. The first-order valence-electron chi connectivity index (χ1n) is 4.27. The maximum Gasteiger partial charge on any atom is 0.103 e. The molecule has 6 heteroatoms. The van der Waals surface area contributed by atoms with E-state index in [0.29, 0.717) is 0 Å². The summed E-state index contributed by atoms with van der Waals surface area (Å²) in [7, 11) is -0.445. The van der Waals surface area contributed by atoms with Gasteiger partial charge in [-0.25, -0.2) is 4.72 Å². The maximum atomic E-state index is 11.4. The van der Waals surface area contributed by atoms with Gasteiger partial charge >= 0.3 is 0 Å². The first-order chi connectivity index (χ1) is 6.29. The Kier molecular flexibility index (Phi) is 2.96. The van der Waals surface area contributed by atoms with Gasteiger partial charge in [-0.05, 0) is 19.7 Å². The highest BCUT2D eigenvalue weighted by atomic mass is 32.2. The third-order valence-corrected chi connectivity index (χ3v) is 2.61. The summed E-state index contributed by atoms with van der Waals surface area (Å²) in [6.07, 6.45) is 1.56. The number of hydrogen-bond donors (Lipinski definition) is 1. The standard InChI is InChI=1S/C8H16N4OS/c1-6-8(10-12(3)9-6)7(2)11-14(4,5)13/h7H,4H2,1-3,5H3,(H,11,13). The van der Waals surface area contributed by atoms with E-state index >= 15 is 0 Å². The smallest absolute Gasteiger partial charge is 0.103 e. The molecule has 0 radical (unpaired) electrons. The van der Waals surface area contributed by atoms with Crippen LogP contribution in [0.15, 0.2) is 0 Å². The Morgan fingerprint density at radius 1 is 1.57 bits per heavy atom. The van der Waals surface area contributed by atoms with E-state index in [1.807, 2.05) is 13.8 Å². The highest BCUT2D eigenvalue weighted by Crippen LogP contribution is 2.12. The Balaban J connectivity index is 2.90. The summed E-state index contributed by atoms with van der Waals surface area (Å²) in [4.78, 5) is 1.50. The van der Waals surface area contributed by atoms with Gasteiger partial charge in [0.2, 0.25) is 0 Å². The van der Waals surface area contributed by atoms with Crippen LogP contribution in [0, 0.1) is 6.92 Å². The van der Waals surface area contributed by atoms with Crippen LogP contribution in [0.25, 0.3) is 0 Å². The van der Waals surface area contributed by atoms with E-state index in [1.54, 1.807) is 13.3 Å². The van der Waals surface area contributed by atoms with Crippen LogP contribution in [0.3, 0.4) is 0 Å². The summed E-state index contributed by atoms with van der Waals surface area (Å²) in [5, 5.41) is 8.30.